The second kappa shape index (κ2) is 2.81. The number of carbonyl (C=O) groups is 1. The van der Waals surface area contributed by atoms with Crippen LogP contribution in [-0.4, -0.2) is 5.78 Å². The summed E-state index contributed by atoms with van der Waals surface area (Å²) in [4.78, 5) is 12.0. The first-order chi connectivity index (χ1) is 6.88. The van der Waals surface area contributed by atoms with Crippen LogP contribution in [-0.2, 0) is 0 Å². The lowest BCUT2D eigenvalue weighted by Crippen LogP contribution is -2.14. The maximum absolute atomic E-state index is 12.0. The number of hydrogen-bond acceptors (Lipinski definition) is 1. The van der Waals surface area contributed by atoms with Crippen LogP contribution in [0.3, 0.4) is 0 Å². The Bertz CT molecular complexity index is 417. The van der Waals surface area contributed by atoms with E-state index in [1.54, 1.807) is 0 Å². The topological polar surface area (TPSA) is 17.1 Å². The van der Waals surface area contributed by atoms with Gasteiger partial charge in [-0.25, -0.2) is 0 Å². The summed E-state index contributed by atoms with van der Waals surface area (Å²) >= 11 is 0. The molecule has 0 amide bonds. The molecule has 2 aliphatic carbocycles. The molecule has 0 radical (unpaired) electrons. The fourth-order valence-corrected chi connectivity index (χ4v) is 2.69. The Morgan fingerprint density at radius 1 is 1.00 bits per heavy atom. The minimum absolute atomic E-state index is 0.234. The molecule has 1 aromatic carbocycles. The molecule has 0 spiro atoms. The van der Waals surface area contributed by atoms with Crippen LogP contribution in [0.5, 0.6) is 0 Å². The van der Waals surface area contributed by atoms with E-state index in [0.717, 1.165) is 18.4 Å². The van der Waals surface area contributed by atoms with Crippen molar-refractivity contribution in [1.29, 1.82) is 0 Å². The lowest BCUT2D eigenvalue weighted by atomic mass is 9.83. The molecule has 70 valence electrons. The van der Waals surface area contributed by atoms with Gasteiger partial charge in [0.1, 0.15) is 0 Å². The van der Waals surface area contributed by atoms with Gasteiger partial charge in [-0.3, -0.25) is 4.79 Å². The van der Waals surface area contributed by atoms with Crippen molar-refractivity contribution in [2.45, 2.75) is 18.8 Å². The van der Waals surface area contributed by atoms with E-state index in [4.69, 9.17) is 0 Å². The van der Waals surface area contributed by atoms with Crippen LogP contribution in [0.15, 0.2) is 36.4 Å². The molecule has 1 heteroatoms. The van der Waals surface area contributed by atoms with Crippen molar-refractivity contribution in [3.8, 4) is 0 Å². The summed E-state index contributed by atoms with van der Waals surface area (Å²) in [6.45, 7) is 0. The van der Waals surface area contributed by atoms with Crippen molar-refractivity contribution < 1.29 is 4.79 Å². The van der Waals surface area contributed by atoms with Gasteiger partial charge in [0.2, 0.25) is 0 Å². The molecule has 0 aromatic heterocycles. The monoisotopic (exact) mass is 184 g/mol. The van der Waals surface area contributed by atoms with Crippen molar-refractivity contribution >= 4 is 5.78 Å². The van der Waals surface area contributed by atoms with Gasteiger partial charge in [-0.1, -0.05) is 36.4 Å². The molecular weight excluding hydrogens is 172 g/mol. The second-order valence-electron chi connectivity index (χ2n) is 4.11. The molecule has 2 aliphatic rings. The number of rotatable bonds is 0. The first-order valence-corrected chi connectivity index (χ1v) is 5.16. The van der Waals surface area contributed by atoms with Gasteiger partial charge >= 0.3 is 0 Å². The molecule has 14 heavy (non-hydrogen) atoms. The Balaban J connectivity index is 2.15. The highest BCUT2D eigenvalue weighted by Crippen LogP contribution is 2.43. The van der Waals surface area contributed by atoms with E-state index in [1.807, 2.05) is 18.2 Å². The highest BCUT2D eigenvalue weighted by Gasteiger charge is 2.38. The van der Waals surface area contributed by atoms with E-state index in [0.29, 0.717) is 11.7 Å². The fraction of sp³-hybridized carbons (Fsp3) is 0.308. The van der Waals surface area contributed by atoms with Crippen molar-refractivity contribution in [2.24, 2.45) is 5.92 Å². The number of carbonyl (C=O) groups excluding carboxylic acids is 1. The molecule has 1 aromatic rings. The average Bonchev–Trinajstić information content (AvgIpc) is 2.55. The number of hydrogen-bond donors (Lipinski definition) is 0. The first-order valence-electron chi connectivity index (χ1n) is 5.16. The van der Waals surface area contributed by atoms with Gasteiger partial charge in [0.05, 0.1) is 0 Å². The summed E-state index contributed by atoms with van der Waals surface area (Å²) in [6.07, 6.45) is 6.31. The number of Topliss-reactive ketones (excluding diaryl/α,β-unsaturated/α-hetero) is 1. The molecule has 1 nitrogen and oxygen atoms in total. The molecule has 0 saturated carbocycles. The third-order valence-electron chi connectivity index (χ3n) is 3.39. The van der Waals surface area contributed by atoms with Crippen molar-refractivity contribution in [3.63, 3.8) is 0 Å². The molecule has 3 rings (SSSR count). The average molecular weight is 184 g/mol. The summed E-state index contributed by atoms with van der Waals surface area (Å²) in [5, 5.41) is 0. The lowest BCUT2D eigenvalue weighted by molar-refractivity contribution is 0.0922. The van der Waals surface area contributed by atoms with Gasteiger partial charge in [-0.2, -0.15) is 0 Å². The molecular formula is C13H12O. The smallest absolute Gasteiger partial charge is 0.167 e. The van der Waals surface area contributed by atoms with E-state index >= 15 is 0 Å². The normalized spacial score (nSPS) is 28.7. The minimum atomic E-state index is 0.234. The van der Waals surface area contributed by atoms with Gasteiger partial charge in [0.25, 0.3) is 0 Å². The van der Waals surface area contributed by atoms with Crippen LogP contribution in [0.2, 0.25) is 0 Å². The van der Waals surface area contributed by atoms with Crippen LogP contribution in [0, 0.1) is 5.92 Å². The molecule has 0 N–H and O–H groups in total. The van der Waals surface area contributed by atoms with Gasteiger partial charge in [0.15, 0.2) is 5.78 Å². The highest BCUT2D eigenvalue weighted by atomic mass is 16.1. The SMILES string of the molecule is O=C1c2ccccc2C2CC=CCC12. The summed E-state index contributed by atoms with van der Waals surface area (Å²) in [6, 6.07) is 8.07. The largest absolute Gasteiger partial charge is 0.294 e. The maximum Gasteiger partial charge on any atom is 0.167 e. The summed E-state index contributed by atoms with van der Waals surface area (Å²) in [7, 11) is 0. The van der Waals surface area contributed by atoms with E-state index in [2.05, 4.69) is 18.2 Å². The standard InChI is InChI=1S/C13H12O/c14-13-11-7-3-1-5-9(11)10-6-2-4-8-12(10)13/h1-5,7,10,12H,6,8H2. The van der Waals surface area contributed by atoms with Crippen molar-refractivity contribution in [3.05, 3.63) is 47.5 Å². The molecule has 2 unspecified atom stereocenters. The lowest BCUT2D eigenvalue weighted by Gasteiger charge is -2.19. The van der Waals surface area contributed by atoms with E-state index in [1.165, 1.54) is 5.56 Å². The van der Waals surface area contributed by atoms with Gasteiger partial charge in [-0.05, 0) is 24.3 Å². The van der Waals surface area contributed by atoms with E-state index in [9.17, 15) is 4.79 Å². The summed E-state index contributed by atoms with van der Waals surface area (Å²) in [5.41, 5.74) is 2.23. The molecule has 0 bridgehead atoms. The molecule has 0 heterocycles. The number of ketones is 1. The van der Waals surface area contributed by atoms with Crippen LogP contribution < -0.4 is 0 Å². The first kappa shape index (κ1) is 7.98. The van der Waals surface area contributed by atoms with Gasteiger partial charge in [0, 0.05) is 11.5 Å². The third kappa shape index (κ3) is 0.926. The predicted octanol–water partition coefficient (Wildman–Crippen LogP) is 2.93. The zero-order chi connectivity index (χ0) is 9.54. The van der Waals surface area contributed by atoms with Crippen LogP contribution >= 0.6 is 0 Å². The predicted molar refractivity (Wildman–Crippen MR) is 55.4 cm³/mol. The Morgan fingerprint density at radius 2 is 1.71 bits per heavy atom. The third-order valence-corrected chi connectivity index (χ3v) is 3.39. The van der Waals surface area contributed by atoms with Gasteiger partial charge < -0.3 is 0 Å². The molecule has 0 aliphatic heterocycles. The van der Waals surface area contributed by atoms with Crippen LogP contribution in [0.4, 0.5) is 0 Å². The van der Waals surface area contributed by atoms with E-state index in [-0.39, 0.29) is 5.92 Å². The maximum atomic E-state index is 12.0. The second-order valence-corrected chi connectivity index (χ2v) is 4.11. The molecule has 0 fully saturated rings. The number of allylic oxidation sites excluding steroid dienone is 2. The Labute approximate surface area is 83.4 Å². The van der Waals surface area contributed by atoms with Crippen molar-refractivity contribution in [2.75, 3.05) is 0 Å². The fourth-order valence-electron chi connectivity index (χ4n) is 2.69. The molecule has 2 atom stereocenters. The summed E-state index contributed by atoms with van der Waals surface area (Å²) in [5.74, 6) is 1.05. The quantitative estimate of drug-likeness (QED) is 0.566. The Kier molecular flexibility index (Phi) is 1.60. The van der Waals surface area contributed by atoms with Gasteiger partial charge in [-0.15, -0.1) is 0 Å². The minimum Gasteiger partial charge on any atom is -0.294 e. The van der Waals surface area contributed by atoms with Crippen LogP contribution in [0.1, 0.15) is 34.7 Å². The highest BCUT2D eigenvalue weighted by molar-refractivity contribution is 6.03. The van der Waals surface area contributed by atoms with Crippen molar-refractivity contribution in [1.82, 2.24) is 0 Å². The zero-order valence-electron chi connectivity index (χ0n) is 7.94. The van der Waals surface area contributed by atoms with Crippen LogP contribution in [0.25, 0.3) is 0 Å². The Morgan fingerprint density at radius 3 is 2.57 bits per heavy atom. The Hall–Kier alpha value is -1.37. The zero-order valence-corrected chi connectivity index (χ0v) is 7.94. The molecule has 0 saturated heterocycles. The summed E-state index contributed by atoms with van der Waals surface area (Å²) < 4.78 is 0. The van der Waals surface area contributed by atoms with E-state index < -0.39 is 0 Å². The number of benzene rings is 1. The number of fused-ring (bicyclic) bond motifs is 3.